The molecule has 1 N–H and O–H groups in total. The standard InChI is InChI=1S/C14H18FN3.ClH/c1-12-11-17-18(10-8-15)14(12)16-9-7-13-5-3-2-4-6-13;/h2-6,11,16H,7-10H2,1H3;1H. The number of hydrogen-bond donors (Lipinski definition) is 1. The number of alkyl halides is 1. The molecule has 1 aromatic heterocycles. The molecule has 0 aliphatic heterocycles. The number of anilines is 1. The first kappa shape index (κ1) is 15.5. The van der Waals surface area contributed by atoms with Crippen LogP contribution < -0.4 is 5.32 Å². The van der Waals surface area contributed by atoms with Crippen molar-refractivity contribution in [3.63, 3.8) is 0 Å². The number of halogens is 2. The summed E-state index contributed by atoms with van der Waals surface area (Å²) in [6.45, 7) is 2.71. The number of aromatic nitrogens is 2. The van der Waals surface area contributed by atoms with Gasteiger partial charge in [0.15, 0.2) is 0 Å². The van der Waals surface area contributed by atoms with Gasteiger partial charge in [0.1, 0.15) is 12.5 Å². The number of benzene rings is 1. The molecule has 1 aromatic carbocycles. The predicted octanol–water partition coefficient (Wildman–Crippen LogP) is 3.24. The lowest BCUT2D eigenvalue weighted by atomic mass is 10.1. The van der Waals surface area contributed by atoms with E-state index >= 15 is 0 Å². The van der Waals surface area contributed by atoms with E-state index in [-0.39, 0.29) is 12.4 Å². The van der Waals surface area contributed by atoms with E-state index < -0.39 is 6.67 Å². The Balaban J connectivity index is 0.00000180. The first-order valence-electron chi connectivity index (χ1n) is 6.17. The topological polar surface area (TPSA) is 29.9 Å². The lowest BCUT2D eigenvalue weighted by Gasteiger charge is -2.10. The molecule has 2 aromatic rings. The number of nitrogens with one attached hydrogen (secondary N) is 1. The molecule has 0 atom stereocenters. The third-order valence-corrected chi connectivity index (χ3v) is 2.87. The Bertz CT molecular complexity index is 485. The van der Waals surface area contributed by atoms with Gasteiger partial charge in [-0.2, -0.15) is 5.10 Å². The summed E-state index contributed by atoms with van der Waals surface area (Å²) in [7, 11) is 0. The minimum atomic E-state index is -0.394. The smallest absolute Gasteiger partial charge is 0.127 e. The van der Waals surface area contributed by atoms with Gasteiger partial charge in [0.05, 0.1) is 12.7 Å². The summed E-state index contributed by atoms with van der Waals surface area (Å²) in [6, 6.07) is 10.3. The Morgan fingerprint density at radius 2 is 2.00 bits per heavy atom. The molecular weight excluding hydrogens is 265 g/mol. The van der Waals surface area contributed by atoms with Crippen LogP contribution in [-0.2, 0) is 13.0 Å². The highest BCUT2D eigenvalue weighted by atomic mass is 35.5. The van der Waals surface area contributed by atoms with E-state index in [1.165, 1.54) is 5.56 Å². The van der Waals surface area contributed by atoms with Gasteiger partial charge in [0.2, 0.25) is 0 Å². The third kappa shape index (κ3) is 4.24. The molecule has 0 aliphatic carbocycles. The second-order valence-corrected chi connectivity index (χ2v) is 4.25. The van der Waals surface area contributed by atoms with E-state index in [1.807, 2.05) is 25.1 Å². The average Bonchev–Trinajstić information content (AvgIpc) is 2.73. The Morgan fingerprint density at radius 1 is 1.26 bits per heavy atom. The van der Waals surface area contributed by atoms with Crippen molar-refractivity contribution >= 4 is 18.2 Å². The van der Waals surface area contributed by atoms with E-state index in [9.17, 15) is 4.39 Å². The molecule has 0 spiro atoms. The quantitative estimate of drug-likeness (QED) is 0.882. The molecule has 0 fully saturated rings. The maximum absolute atomic E-state index is 12.4. The van der Waals surface area contributed by atoms with E-state index in [0.717, 1.165) is 24.3 Å². The molecule has 0 radical (unpaired) electrons. The number of aryl methyl sites for hydroxylation is 2. The summed E-state index contributed by atoms with van der Waals surface area (Å²) in [5.41, 5.74) is 2.34. The Hall–Kier alpha value is -1.55. The van der Waals surface area contributed by atoms with Crippen LogP contribution in [0.25, 0.3) is 0 Å². The van der Waals surface area contributed by atoms with Crippen LogP contribution in [0.1, 0.15) is 11.1 Å². The molecule has 0 bridgehead atoms. The summed E-state index contributed by atoms with van der Waals surface area (Å²) in [5, 5.41) is 7.47. The van der Waals surface area contributed by atoms with Gasteiger partial charge in [-0.1, -0.05) is 30.3 Å². The third-order valence-electron chi connectivity index (χ3n) is 2.87. The molecule has 0 saturated heterocycles. The van der Waals surface area contributed by atoms with Gasteiger partial charge in [0.25, 0.3) is 0 Å². The van der Waals surface area contributed by atoms with Gasteiger partial charge in [-0.3, -0.25) is 0 Å². The molecule has 0 saturated carbocycles. The van der Waals surface area contributed by atoms with Crippen molar-refractivity contribution in [1.29, 1.82) is 0 Å². The van der Waals surface area contributed by atoms with Crippen molar-refractivity contribution in [1.82, 2.24) is 9.78 Å². The number of hydrogen-bond acceptors (Lipinski definition) is 2. The van der Waals surface area contributed by atoms with Gasteiger partial charge in [-0.25, -0.2) is 9.07 Å². The zero-order valence-electron chi connectivity index (χ0n) is 11.0. The zero-order valence-corrected chi connectivity index (χ0v) is 11.8. The van der Waals surface area contributed by atoms with E-state index in [1.54, 1.807) is 10.9 Å². The zero-order chi connectivity index (χ0) is 12.8. The minimum absolute atomic E-state index is 0. The van der Waals surface area contributed by atoms with Gasteiger partial charge >= 0.3 is 0 Å². The lowest BCUT2D eigenvalue weighted by molar-refractivity contribution is 0.429. The summed E-state index contributed by atoms with van der Waals surface area (Å²) in [6.07, 6.45) is 2.71. The molecule has 0 unspecified atom stereocenters. The first-order valence-corrected chi connectivity index (χ1v) is 6.17. The van der Waals surface area contributed by atoms with Crippen molar-refractivity contribution in [2.24, 2.45) is 0 Å². The maximum atomic E-state index is 12.4. The maximum Gasteiger partial charge on any atom is 0.127 e. The van der Waals surface area contributed by atoms with Gasteiger partial charge in [0, 0.05) is 12.1 Å². The van der Waals surface area contributed by atoms with Crippen molar-refractivity contribution in [2.75, 3.05) is 18.5 Å². The van der Waals surface area contributed by atoms with Crippen molar-refractivity contribution in [3.8, 4) is 0 Å². The Kier molecular flexibility index (Phi) is 6.36. The molecule has 19 heavy (non-hydrogen) atoms. The lowest BCUT2D eigenvalue weighted by Crippen LogP contribution is -2.12. The largest absolute Gasteiger partial charge is 0.370 e. The highest BCUT2D eigenvalue weighted by Crippen LogP contribution is 2.13. The minimum Gasteiger partial charge on any atom is -0.370 e. The molecule has 3 nitrogen and oxygen atoms in total. The van der Waals surface area contributed by atoms with Crippen LogP contribution in [0.15, 0.2) is 36.5 Å². The molecule has 0 aliphatic rings. The summed E-state index contributed by atoms with van der Waals surface area (Å²) >= 11 is 0. The number of rotatable bonds is 6. The SMILES string of the molecule is Cc1cnn(CCF)c1NCCc1ccccc1.Cl. The molecule has 0 amide bonds. The van der Waals surface area contributed by atoms with Crippen LogP contribution in [0, 0.1) is 6.92 Å². The normalized spacial score (nSPS) is 10.0. The average molecular weight is 284 g/mol. The van der Waals surface area contributed by atoms with Gasteiger partial charge in [-0.15, -0.1) is 12.4 Å². The highest BCUT2D eigenvalue weighted by Gasteiger charge is 2.06. The van der Waals surface area contributed by atoms with Crippen LogP contribution in [0.3, 0.4) is 0 Å². The predicted molar refractivity (Wildman–Crippen MR) is 78.8 cm³/mol. The fourth-order valence-electron chi connectivity index (χ4n) is 1.93. The van der Waals surface area contributed by atoms with Crippen molar-refractivity contribution in [2.45, 2.75) is 19.9 Å². The van der Waals surface area contributed by atoms with Crippen LogP contribution in [0.5, 0.6) is 0 Å². The first-order chi connectivity index (χ1) is 8.81. The molecule has 2 rings (SSSR count). The van der Waals surface area contributed by atoms with E-state index in [4.69, 9.17) is 0 Å². The second kappa shape index (κ2) is 7.79. The van der Waals surface area contributed by atoms with E-state index in [0.29, 0.717) is 6.54 Å². The Morgan fingerprint density at radius 3 is 2.68 bits per heavy atom. The summed E-state index contributed by atoms with van der Waals surface area (Å²) < 4.78 is 14.0. The van der Waals surface area contributed by atoms with Crippen molar-refractivity contribution < 1.29 is 4.39 Å². The number of nitrogens with zero attached hydrogens (tertiary/aromatic N) is 2. The molecule has 104 valence electrons. The van der Waals surface area contributed by atoms with Gasteiger partial charge in [-0.05, 0) is 18.9 Å². The molecule has 5 heteroatoms. The Labute approximate surface area is 119 Å². The molecule has 1 heterocycles. The van der Waals surface area contributed by atoms with Crippen molar-refractivity contribution in [3.05, 3.63) is 47.7 Å². The highest BCUT2D eigenvalue weighted by molar-refractivity contribution is 5.85. The van der Waals surface area contributed by atoms with Gasteiger partial charge < -0.3 is 5.32 Å². The fourth-order valence-corrected chi connectivity index (χ4v) is 1.93. The fraction of sp³-hybridized carbons (Fsp3) is 0.357. The summed E-state index contributed by atoms with van der Waals surface area (Å²) in [5.74, 6) is 0.920. The molecular formula is C14H19ClFN3. The second-order valence-electron chi connectivity index (χ2n) is 4.25. The van der Waals surface area contributed by atoms with E-state index in [2.05, 4.69) is 22.5 Å². The monoisotopic (exact) mass is 283 g/mol. The van der Waals surface area contributed by atoms with Crippen LogP contribution in [0.4, 0.5) is 10.2 Å². The van der Waals surface area contributed by atoms with Crippen LogP contribution >= 0.6 is 12.4 Å². The van der Waals surface area contributed by atoms with Crippen LogP contribution in [0.2, 0.25) is 0 Å². The summed E-state index contributed by atoms with van der Waals surface area (Å²) in [4.78, 5) is 0. The van der Waals surface area contributed by atoms with Crippen LogP contribution in [-0.4, -0.2) is 23.0 Å².